The Morgan fingerprint density at radius 1 is 1.00 bits per heavy atom. The van der Waals surface area contributed by atoms with Gasteiger partial charge in [0.05, 0.1) is 12.2 Å². The molecule has 0 spiro atoms. The molecule has 0 aromatic rings. The van der Waals surface area contributed by atoms with Gasteiger partial charge in [0.1, 0.15) is 6.10 Å². The minimum absolute atomic E-state index is 0.130. The van der Waals surface area contributed by atoms with Crippen molar-refractivity contribution >= 4 is 0 Å². The van der Waals surface area contributed by atoms with E-state index in [4.69, 9.17) is 14.2 Å². The number of ether oxygens (including phenoxy) is 3. The van der Waals surface area contributed by atoms with Gasteiger partial charge >= 0.3 is 0 Å². The van der Waals surface area contributed by atoms with Gasteiger partial charge in [-0.25, -0.2) is 0 Å². The zero-order chi connectivity index (χ0) is 7.35. The van der Waals surface area contributed by atoms with Gasteiger partial charge in [-0.1, -0.05) is 0 Å². The van der Waals surface area contributed by atoms with Crippen molar-refractivity contribution in [3.63, 3.8) is 0 Å². The summed E-state index contributed by atoms with van der Waals surface area (Å²) in [6.07, 6.45) is 0.479. The molecule has 58 valence electrons. The summed E-state index contributed by atoms with van der Waals surface area (Å²) in [6.45, 7) is 5.83. The van der Waals surface area contributed by atoms with Crippen LogP contribution in [0.2, 0.25) is 0 Å². The molecule has 2 unspecified atom stereocenters. The van der Waals surface area contributed by atoms with Gasteiger partial charge in [-0.3, -0.25) is 0 Å². The van der Waals surface area contributed by atoms with Crippen LogP contribution in [0.5, 0.6) is 0 Å². The summed E-state index contributed by atoms with van der Waals surface area (Å²) in [5.74, 6) is -0.747. The molecule has 2 rings (SSSR count). The second-order valence-corrected chi connectivity index (χ2v) is 3.09. The average molecular weight is 144 g/mol. The maximum absolute atomic E-state index is 5.44. The second kappa shape index (κ2) is 1.72. The van der Waals surface area contributed by atoms with Crippen LogP contribution in [0.3, 0.4) is 0 Å². The number of hydrogen-bond donors (Lipinski definition) is 0. The summed E-state index contributed by atoms with van der Waals surface area (Å²) < 4.78 is 16.2. The van der Waals surface area contributed by atoms with Crippen LogP contribution >= 0.6 is 0 Å². The lowest BCUT2D eigenvalue weighted by molar-refractivity contribution is -0.305. The van der Waals surface area contributed by atoms with E-state index in [0.29, 0.717) is 0 Å². The Morgan fingerprint density at radius 2 is 1.50 bits per heavy atom. The van der Waals surface area contributed by atoms with E-state index in [0.717, 1.165) is 0 Å². The molecule has 2 bridgehead atoms. The van der Waals surface area contributed by atoms with Crippen molar-refractivity contribution in [3.8, 4) is 0 Å². The van der Waals surface area contributed by atoms with E-state index in [-0.39, 0.29) is 18.3 Å². The SMILES string of the molecule is CC1OC2(C)OC(C)C1O2. The number of hydrogen-bond acceptors (Lipinski definition) is 3. The van der Waals surface area contributed by atoms with Crippen molar-refractivity contribution in [1.82, 2.24) is 0 Å². The third-order valence-electron chi connectivity index (χ3n) is 2.08. The summed E-state index contributed by atoms with van der Waals surface area (Å²) in [4.78, 5) is 0. The normalized spacial score (nSPS) is 59.7. The summed E-state index contributed by atoms with van der Waals surface area (Å²) in [7, 11) is 0. The Hall–Kier alpha value is -0.120. The summed E-state index contributed by atoms with van der Waals surface area (Å²) >= 11 is 0. The Labute approximate surface area is 60.3 Å². The minimum atomic E-state index is -0.747. The molecular weight excluding hydrogens is 132 g/mol. The van der Waals surface area contributed by atoms with Gasteiger partial charge in [-0.05, 0) is 13.8 Å². The van der Waals surface area contributed by atoms with Crippen LogP contribution in [-0.4, -0.2) is 24.3 Å². The standard InChI is InChI=1S/C7H12O3/c1-4-6-5(2)9-7(3,8-4)10-6/h4-6H,1-3H3. The van der Waals surface area contributed by atoms with E-state index < -0.39 is 5.97 Å². The minimum Gasteiger partial charge on any atom is -0.322 e. The number of fused-ring (bicyclic) bond motifs is 2. The number of rotatable bonds is 0. The largest absolute Gasteiger partial charge is 0.322 e. The molecule has 0 aromatic carbocycles. The highest BCUT2D eigenvalue weighted by Crippen LogP contribution is 2.39. The summed E-state index contributed by atoms with van der Waals surface area (Å²) in [5, 5.41) is 0. The molecule has 2 fully saturated rings. The van der Waals surface area contributed by atoms with Crippen molar-refractivity contribution in [3.05, 3.63) is 0 Å². The lowest BCUT2D eigenvalue weighted by atomic mass is 10.1. The molecule has 3 heteroatoms. The fourth-order valence-corrected chi connectivity index (χ4v) is 1.71. The van der Waals surface area contributed by atoms with Crippen molar-refractivity contribution in [2.45, 2.75) is 45.1 Å². The Balaban J connectivity index is 2.21. The maximum Gasteiger partial charge on any atom is 0.281 e. The van der Waals surface area contributed by atoms with E-state index in [1.807, 2.05) is 20.8 Å². The van der Waals surface area contributed by atoms with E-state index in [1.54, 1.807) is 0 Å². The van der Waals surface area contributed by atoms with Crippen molar-refractivity contribution in [2.75, 3.05) is 0 Å². The van der Waals surface area contributed by atoms with Gasteiger partial charge in [-0.15, -0.1) is 0 Å². The molecule has 10 heavy (non-hydrogen) atoms. The Bertz CT molecular complexity index is 145. The van der Waals surface area contributed by atoms with Crippen LogP contribution in [-0.2, 0) is 14.2 Å². The maximum atomic E-state index is 5.44. The molecule has 3 nitrogen and oxygen atoms in total. The van der Waals surface area contributed by atoms with Gasteiger partial charge < -0.3 is 14.2 Å². The van der Waals surface area contributed by atoms with E-state index in [9.17, 15) is 0 Å². The van der Waals surface area contributed by atoms with Crippen LogP contribution in [0.15, 0.2) is 0 Å². The second-order valence-electron chi connectivity index (χ2n) is 3.09. The first kappa shape index (κ1) is 6.58. The van der Waals surface area contributed by atoms with Crippen molar-refractivity contribution in [1.29, 1.82) is 0 Å². The molecular formula is C7H12O3. The predicted octanol–water partition coefficient (Wildman–Crippen LogP) is 0.883. The smallest absolute Gasteiger partial charge is 0.281 e. The monoisotopic (exact) mass is 144 g/mol. The van der Waals surface area contributed by atoms with Gasteiger partial charge in [0, 0.05) is 6.92 Å². The van der Waals surface area contributed by atoms with E-state index in [1.165, 1.54) is 0 Å². The van der Waals surface area contributed by atoms with Crippen LogP contribution in [0.1, 0.15) is 20.8 Å². The molecule has 2 heterocycles. The van der Waals surface area contributed by atoms with Crippen molar-refractivity contribution < 1.29 is 14.2 Å². The quantitative estimate of drug-likeness (QED) is 0.505. The summed E-state index contributed by atoms with van der Waals surface area (Å²) in [5.41, 5.74) is 0. The Kier molecular flexibility index (Phi) is 1.14. The van der Waals surface area contributed by atoms with Crippen LogP contribution < -0.4 is 0 Å². The highest BCUT2D eigenvalue weighted by atomic mass is 16.9. The van der Waals surface area contributed by atoms with Gasteiger partial charge in [0.2, 0.25) is 0 Å². The zero-order valence-electron chi connectivity index (χ0n) is 6.46. The molecule has 0 aromatic heterocycles. The van der Waals surface area contributed by atoms with Crippen molar-refractivity contribution in [2.24, 2.45) is 0 Å². The Morgan fingerprint density at radius 3 is 1.70 bits per heavy atom. The van der Waals surface area contributed by atoms with Crippen LogP contribution in [0.25, 0.3) is 0 Å². The van der Waals surface area contributed by atoms with E-state index >= 15 is 0 Å². The lowest BCUT2D eigenvalue weighted by Gasteiger charge is -2.25. The lowest BCUT2D eigenvalue weighted by Crippen LogP contribution is -2.37. The first-order chi connectivity index (χ1) is 4.61. The first-order valence-electron chi connectivity index (χ1n) is 3.64. The average Bonchev–Trinajstić information content (AvgIpc) is 2.17. The third-order valence-corrected chi connectivity index (χ3v) is 2.08. The zero-order valence-corrected chi connectivity index (χ0v) is 6.46. The van der Waals surface area contributed by atoms with Crippen LogP contribution in [0, 0.1) is 0 Å². The van der Waals surface area contributed by atoms with Gasteiger partial charge in [0.25, 0.3) is 5.97 Å². The molecule has 2 aliphatic rings. The molecule has 0 aliphatic carbocycles. The molecule has 0 N–H and O–H groups in total. The third kappa shape index (κ3) is 0.713. The summed E-state index contributed by atoms with van der Waals surface area (Å²) in [6, 6.07) is 0. The molecule has 2 atom stereocenters. The highest BCUT2D eigenvalue weighted by molar-refractivity contribution is 4.87. The van der Waals surface area contributed by atoms with Crippen LogP contribution in [0.4, 0.5) is 0 Å². The molecule has 2 saturated heterocycles. The van der Waals surface area contributed by atoms with Gasteiger partial charge in [0.15, 0.2) is 0 Å². The molecule has 0 radical (unpaired) electrons. The topological polar surface area (TPSA) is 27.7 Å². The molecule has 0 saturated carbocycles. The predicted molar refractivity (Wildman–Crippen MR) is 34.4 cm³/mol. The molecule has 0 amide bonds. The highest BCUT2D eigenvalue weighted by Gasteiger charge is 2.54. The molecule has 2 aliphatic heterocycles. The first-order valence-corrected chi connectivity index (χ1v) is 3.64. The van der Waals surface area contributed by atoms with E-state index in [2.05, 4.69) is 0 Å². The fourth-order valence-electron chi connectivity index (χ4n) is 1.71. The fraction of sp³-hybridized carbons (Fsp3) is 1.00. The van der Waals surface area contributed by atoms with Gasteiger partial charge in [-0.2, -0.15) is 0 Å².